The first-order chi connectivity index (χ1) is 9.06. The molecular formula is C14H19BrN2O2. The molecule has 1 aliphatic heterocycles. The number of carbonyl (C=O) groups is 1. The lowest BCUT2D eigenvalue weighted by molar-refractivity contribution is -0.143. The van der Waals surface area contributed by atoms with E-state index < -0.39 is 5.97 Å². The van der Waals surface area contributed by atoms with Gasteiger partial charge in [0.05, 0.1) is 0 Å². The maximum Gasteiger partial charge on any atom is 0.320 e. The van der Waals surface area contributed by atoms with Crippen molar-refractivity contribution >= 4 is 21.9 Å². The van der Waals surface area contributed by atoms with Crippen molar-refractivity contribution in [2.75, 3.05) is 26.2 Å². The van der Waals surface area contributed by atoms with Gasteiger partial charge in [-0.2, -0.15) is 0 Å². The van der Waals surface area contributed by atoms with Crippen LogP contribution in [0.2, 0.25) is 0 Å². The monoisotopic (exact) mass is 326 g/mol. The Morgan fingerprint density at radius 2 is 2.05 bits per heavy atom. The molecule has 0 amide bonds. The lowest BCUT2D eigenvalue weighted by atomic mass is 10.2. The van der Waals surface area contributed by atoms with E-state index in [0.29, 0.717) is 0 Å². The Balaban J connectivity index is 1.85. The van der Waals surface area contributed by atoms with Gasteiger partial charge in [0.15, 0.2) is 0 Å². The van der Waals surface area contributed by atoms with Gasteiger partial charge in [-0.1, -0.05) is 28.1 Å². The summed E-state index contributed by atoms with van der Waals surface area (Å²) < 4.78 is 1.10. The largest absolute Gasteiger partial charge is 0.480 e. The minimum absolute atomic E-state index is 0.381. The van der Waals surface area contributed by atoms with Crippen molar-refractivity contribution in [2.24, 2.45) is 0 Å². The van der Waals surface area contributed by atoms with Gasteiger partial charge in [0.25, 0.3) is 0 Å². The molecule has 2 rings (SSSR count). The molecule has 5 heteroatoms. The van der Waals surface area contributed by atoms with Crippen molar-refractivity contribution in [3.63, 3.8) is 0 Å². The molecule has 1 aromatic rings. The SMILES string of the molecule is CC(C(=O)O)N1CCN(Cc2cccc(Br)c2)CC1. The summed E-state index contributed by atoms with van der Waals surface area (Å²) in [6, 6.07) is 7.94. The summed E-state index contributed by atoms with van der Waals surface area (Å²) in [5, 5.41) is 9.01. The molecule has 0 aliphatic carbocycles. The van der Waals surface area contributed by atoms with E-state index in [1.54, 1.807) is 6.92 Å². The van der Waals surface area contributed by atoms with Gasteiger partial charge in [0.2, 0.25) is 0 Å². The minimum Gasteiger partial charge on any atom is -0.480 e. The third-order valence-corrected chi connectivity index (χ3v) is 4.10. The molecule has 1 aromatic carbocycles. The van der Waals surface area contributed by atoms with Crippen LogP contribution < -0.4 is 0 Å². The van der Waals surface area contributed by atoms with E-state index in [2.05, 4.69) is 33.0 Å². The van der Waals surface area contributed by atoms with Crippen molar-refractivity contribution in [3.8, 4) is 0 Å². The lowest BCUT2D eigenvalue weighted by Gasteiger charge is -2.36. The Morgan fingerprint density at radius 1 is 1.37 bits per heavy atom. The number of carboxylic acids is 1. The van der Waals surface area contributed by atoms with Crippen LogP contribution in [0.5, 0.6) is 0 Å². The highest BCUT2D eigenvalue weighted by molar-refractivity contribution is 9.10. The predicted molar refractivity (Wildman–Crippen MR) is 78.1 cm³/mol. The molecule has 1 N–H and O–H groups in total. The molecule has 1 aliphatic rings. The highest BCUT2D eigenvalue weighted by Gasteiger charge is 2.24. The van der Waals surface area contributed by atoms with Crippen molar-refractivity contribution < 1.29 is 9.90 Å². The quantitative estimate of drug-likeness (QED) is 0.919. The molecule has 0 aromatic heterocycles. The van der Waals surface area contributed by atoms with Crippen molar-refractivity contribution in [1.29, 1.82) is 0 Å². The van der Waals surface area contributed by atoms with Gasteiger partial charge in [-0.25, -0.2) is 0 Å². The zero-order chi connectivity index (χ0) is 13.8. The number of halogens is 1. The smallest absolute Gasteiger partial charge is 0.320 e. The summed E-state index contributed by atoms with van der Waals surface area (Å²) in [6.07, 6.45) is 0. The summed E-state index contributed by atoms with van der Waals surface area (Å²) in [5.41, 5.74) is 1.29. The first-order valence-electron chi connectivity index (χ1n) is 6.50. The number of hydrogen-bond donors (Lipinski definition) is 1. The molecule has 1 heterocycles. The fourth-order valence-electron chi connectivity index (χ4n) is 2.36. The Labute approximate surface area is 122 Å². The minimum atomic E-state index is -0.736. The predicted octanol–water partition coefficient (Wildman–Crippen LogP) is 2.04. The Kier molecular flexibility index (Phi) is 4.96. The molecule has 1 saturated heterocycles. The van der Waals surface area contributed by atoms with Gasteiger partial charge in [-0.3, -0.25) is 14.6 Å². The van der Waals surface area contributed by atoms with E-state index in [1.165, 1.54) is 5.56 Å². The van der Waals surface area contributed by atoms with Gasteiger partial charge < -0.3 is 5.11 Å². The molecule has 0 saturated carbocycles. The van der Waals surface area contributed by atoms with E-state index in [-0.39, 0.29) is 6.04 Å². The van der Waals surface area contributed by atoms with E-state index in [1.807, 2.05) is 17.0 Å². The summed E-state index contributed by atoms with van der Waals surface area (Å²) in [5.74, 6) is -0.736. The maximum atomic E-state index is 10.9. The molecule has 0 spiro atoms. The summed E-state index contributed by atoms with van der Waals surface area (Å²) in [6.45, 7) is 6.16. The summed E-state index contributed by atoms with van der Waals surface area (Å²) >= 11 is 3.48. The number of piperazine rings is 1. The number of aliphatic carboxylic acids is 1. The van der Waals surface area contributed by atoms with Crippen molar-refractivity contribution in [1.82, 2.24) is 9.80 Å². The summed E-state index contributed by atoms with van der Waals surface area (Å²) in [7, 11) is 0. The first-order valence-corrected chi connectivity index (χ1v) is 7.29. The van der Waals surface area contributed by atoms with Crippen LogP contribution in [-0.4, -0.2) is 53.1 Å². The zero-order valence-corrected chi connectivity index (χ0v) is 12.6. The van der Waals surface area contributed by atoms with E-state index in [0.717, 1.165) is 37.2 Å². The van der Waals surface area contributed by atoms with Crippen LogP contribution in [-0.2, 0) is 11.3 Å². The second-order valence-electron chi connectivity index (χ2n) is 4.96. The molecule has 1 atom stereocenters. The first kappa shape index (κ1) is 14.5. The Hall–Kier alpha value is -0.910. The normalized spacial score (nSPS) is 19.3. The molecule has 1 fully saturated rings. The van der Waals surface area contributed by atoms with Crippen LogP contribution in [0.25, 0.3) is 0 Å². The second kappa shape index (κ2) is 6.50. The van der Waals surface area contributed by atoms with Gasteiger partial charge in [0, 0.05) is 37.2 Å². The molecule has 4 nitrogen and oxygen atoms in total. The highest BCUT2D eigenvalue weighted by atomic mass is 79.9. The average Bonchev–Trinajstić information content (AvgIpc) is 2.39. The number of hydrogen-bond acceptors (Lipinski definition) is 3. The second-order valence-corrected chi connectivity index (χ2v) is 5.87. The van der Waals surface area contributed by atoms with Gasteiger partial charge in [-0.05, 0) is 24.6 Å². The van der Waals surface area contributed by atoms with Crippen LogP contribution in [0.1, 0.15) is 12.5 Å². The molecule has 19 heavy (non-hydrogen) atoms. The summed E-state index contributed by atoms with van der Waals surface area (Å²) in [4.78, 5) is 15.3. The van der Waals surface area contributed by atoms with Crippen LogP contribution in [0, 0.1) is 0 Å². The number of nitrogens with zero attached hydrogens (tertiary/aromatic N) is 2. The molecular weight excluding hydrogens is 308 g/mol. The molecule has 1 unspecified atom stereocenters. The fraction of sp³-hybridized carbons (Fsp3) is 0.500. The molecule has 0 bridgehead atoms. The van der Waals surface area contributed by atoms with Crippen LogP contribution in [0.4, 0.5) is 0 Å². The molecule has 0 radical (unpaired) electrons. The number of carboxylic acid groups (broad SMARTS) is 1. The Morgan fingerprint density at radius 3 is 2.63 bits per heavy atom. The van der Waals surface area contributed by atoms with Crippen molar-refractivity contribution in [2.45, 2.75) is 19.5 Å². The van der Waals surface area contributed by atoms with Crippen molar-refractivity contribution in [3.05, 3.63) is 34.3 Å². The number of rotatable bonds is 4. The van der Waals surface area contributed by atoms with Gasteiger partial charge in [0.1, 0.15) is 6.04 Å². The van der Waals surface area contributed by atoms with Gasteiger partial charge >= 0.3 is 5.97 Å². The fourth-order valence-corrected chi connectivity index (χ4v) is 2.81. The number of benzene rings is 1. The highest BCUT2D eigenvalue weighted by Crippen LogP contribution is 2.15. The van der Waals surface area contributed by atoms with E-state index >= 15 is 0 Å². The third-order valence-electron chi connectivity index (χ3n) is 3.61. The van der Waals surface area contributed by atoms with Crippen LogP contribution in [0.15, 0.2) is 28.7 Å². The van der Waals surface area contributed by atoms with Crippen LogP contribution in [0.3, 0.4) is 0 Å². The van der Waals surface area contributed by atoms with Gasteiger partial charge in [-0.15, -0.1) is 0 Å². The lowest BCUT2D eigenvalue weighted by Crippen LogP contribution is -2.51. The topological polar surface area (TPSA) is 43.8 Å². The standard InChI is InChI=1S/C14H19BrN2O2/c1-11(14(18)19)17-7-5-16(6-8-17)10-12-3-2-4-13(15)9-12/h2-4,9,11H,5-8,10H2,1H3,(H,18,19). The van der Waals surface area contributed by atoms with Crippen LogP contribution >= 0.6 is 15.9 Å². The zero-order valence-electron chi connectivity index (χ0n) is 11.1. The maximum absolute atomic E-state index is 10.9. The Bertz CT molecular complexity index is 445. The average molecular weight is 327 g/mol. The van der Waals surface area contributed by atoms with E-state index in [4.69, 9.17) is 5.11 Å². The molecule has 104 valence electrons. The van der Waals surface area contributed by atoms with E-state index in [9.17, 15) is 4.79 Å². The third kappa shape index (κ3) is 4.03.